The molecule has 0 saturated heterocycles. The maximum Gasteiger partial charge on any atom is 0.269 e. The first-order chi connectivity index (χ1) is 16.3. The Balaban J connectivity index is 1.53. The summed E-state index contributed by atoms with van der Waals surface area (Å²) in [6.45, 7) is 1.86. The van der Waals surface area contributed by atoms with Crippen molar-refractivity contribution in [1.29, 1.82) is 0 Å². The molecule has 3 aromatic rings. The molecule has 0 atom stereocenters. The van der Waals surface area contributed by atoms with E-state index in [9.17, 15) is 14.4 Å². The first-order valence-electron chi connectivity index (χ1n) is 10.0. The van der Waals surface area contributed by atoms with Crippen molar-refractivity contribution >= 4 is 56.7 Å². The number of hydrogen-bond acceptors (Lipinski definition) is 5. The lowest BCUT2D eigenvalue weighted by molar-refractivity contribution is 0.0934. The summed E-state index contributed by atoms with van der Waals surface area (Å²) in [7, 11) is 1.45. The van der Waals surface area contributed by atoms with Crippen LogP contribution in [0.1, 0.15) is 36.6 Å². The highest BCUT2D eigenvalue weighted by molar-refractivity contribution is 9.10. The number of amides is 3. The number of ether oxygens (including phenoxy) is 1. The molecule has 0 unspecified atom stereocenters. The van der Waals surface area contributed by atoms with E-state index in [1.165, 1.54) is 7.11 Å². The van der Waals surface area contributed by atoms with E-state index in [0.29, 0.717) is 27.0 Å². The smallest absolute Gasteiger partial charge is 0.269 e. The van der Waals surface area contributed by atoms with Gasteiger partial charge in [-0.25, -0.2) is 0 Å². The fourth-order valence-electron chi connectivity index (χ4n) is 2.98. The molecule has 0 aliphatic carbocycles. The minimum atomic E-state index is -0.501. The van der Waals surface area contributed by atoms with Gasteiger partial charge in [0.1, 0.15) is 5.75 Å². The van der Waals surface area contributed by atoms with E-state index in [1.807, 2.05) is 19.1 Å². The number of benzene rings is 3. The van der Waals surface area contributed by atoms with Gasteiger partial charge in [-0.3, -0.25) is 30.6 Å². The number of carbonyl (C=O) groups excluding carboxylic acids is 3. The number of aryl methyl sites for hydroxylation is 1. The van der Waals surface area contributed by atoms with Crippen LogP contribution in [-0.2, 0) is 0 Å². The molecule has 0 radical (unpaired) electrons. The Bertz CT molecular complexity index is 1250. The van der Waals surface area contributed by atoms with E-state index in [2.05, 4.69) is 37.4 Å². The fourth-order valence-corrected chi connectivity index (χ4v) is 3.48. The van der Waals surface area contributed by atoms with Crippen molar-refractivity contribution in [2.75, 3.05) is 12.4 Å². The lowest BCUT2D eigenvalue weighted by atomic mass is 10.1. The van der Waals surface area contributed by atoms with E-state index >= 15 is 0 Å². The van der Waals surface area contributed by atoms with E-state index in [4.69, 9.17) is 17.0 Å². The average Bonchev–Trinajstić information content (AvgIpc) is 2.83. The largest absolute Gasteiger partial charge is 0.496 e. The van der Waals surface area contributed by atoms with Crippen molar-refractivity contribution in [1.82, 2.24) is 16.2 Å². The van der Waals surface area contributed by atoms with Gasteiger partial charge < -0.3 is 10.1 Å². The van der Waals surface area contributed by atoms with Gasteiger partial charge in [0.15, 0.2) is 5.11 Å². The van der Waals surface area contributed by atoms with E-state index in [1.54, 1.807) is 54.6 Å². The number of hydrogen-bond donors (Lipinski definition) is 4. The van der Waals surface area contributed by atoms with Crippen LogP contribution in [0.2, 0.25) is 0 Å². The fraction of sp³-hybridized carbons (Fsp3) is 0.0833. The maximum atomic E-state index is 12.5. The summed E-state index contributed by atoms with van der Waals surface area (Å²) < 4.78 is 5.88. The van der Waals surface area contributed by atoms with Crippen LogP contribution in [0.5, 0.6) is 5.75 Å². The zero-order valence-electron chi connectivity index (χ0n) is 18.3. The van der Waals surface area contributed by atoms with Crippen molar-refractivity contribution in [3.8, 4) is 5.75 Å². The number of rotatable bonds is 5. The van der Waals surface area contributed by atoms with Gasteiger partial charge in [0.05, 0.1) is 12.7 Å². The quantitative estimate of drug-likeness (QED) is 0.288. The Morgan fingerprint density at radius 3 is 2.24 bits per heavy atom. The van der Waals surface area contributed by atoms with Crippen LogP contribution in [0.4, 0.5) is 5.69 Å². The van der Waals surface area contributed by atoms with Gasteiger partial charge in [0.25, 0.3) is 17.7 Å². The molecular formula is C24H21BrN4O4S. The van der Waals surface area contributed by atoms with E-state index in [-0.39, 0.29) is 16.6 Å². The van der Waals surface area contributed by atoms with Crippen LogP contribution in [0, 0.1) is 6.92 Å². The Morgan fingerprint density at radius 1 is 0.853 bits per heavy atom. The summed E-state index contributed by atoms with van der Waals surface area (Å²) in [6.07, 6.45) is 0. The molecule has 3 rings (SSSR count). The Hall–Kier alpha value is -3.76. The van der Waals surface area contributed by atoms with Crippen LogP contribution in [0.25, 0.3) is 0 Å². The minimum Gasteiger partial charge on any atom is -0.496 e. The standard InChI is InChI=1S/C24H21BrN4O4S/c1-14-5-3-4-6-18(14)22(31)26-17-10-7-15(8-11-17)21(30)28-29-24(34)27-23(32)19-13-16(25)9-12-20(19)33-2/h3-13H,1-2H3,(H,26,31)(H,28,30)(H2,27,29,32,34). The maximum absolute atomic E-state index is 12.5. The molecule has 3 amide bonds. The predicted molar refractivity (Wildman–Crippen MR) is 137 cm³/mol. The summed E-state index contributed by atoms with van der Waals surface area (Å²) in [4.78, 5) is 37.3. The number of halogens is 1. The first kappa shape index (κ1) is 24.9. The topological polar surface area (TPSA) is 109 Å². The monoisotopic (exact) mass is 540 g/mol. The van der Waals surface area contributed by atoms with Gasteiger partial charge >= 0.3 is 0 Å². The number of thiocarbonyl (C=S) groups is 1. The molecule has 0 bridgehead atoms. The second kappa shape index (κ2) is 11.4. The number of hydrazine groups is 1. The molecule has 0 saturated carbocycles. The minimum absolute atomic E-state index is 0.0949. The third kappa shape index (κ3) is 6.40. The summed E-state index contributed by atoms with van der Waals surface area (Å²) in [6, 6.07) is 18.6. The molecule has 34 heavy (non-hydrogen) atoms. The molecule has 0 spiro atoms. The number of carbonyl (C=O) groups is 3. The molecule has 3 aromatic carbocycles. The lowest BCUT2D eigenvalue weighted by Gasteiger charge is -2.13. The van der Waals surface area contributed by atoms with Gasteiger partial charge in [-0.15, -0.1) is 0 Å². The SMILES string of the molecule is COc1ccc(Br)cc1C(=O)NC(=S)NNC(=O)c1ccc(NC(=O)c2ccccc2C)cc1. The van der Waals surface area contributed by atoms with Gasteiger partial charge in [0, 0.05) is 21.3 Å². The predicted octanol–water partition coefficient (Wildman–Crippen LogP) is 3.97. The number of anilines is 1. The van der Waals surface area contributed by atoms with Crippen molar-refractivity contribution in [2.24, 2.45) is 0 Å². The summed E-state index contributed by atoms with van der Waals surface area (Å²) in [5.74, 6) is -0.839. The highest BCUT2D eigenvalue weighted by Gasteiger charge is 2.15. The molecule has 0 aromatic heterocycles. The lowest BCUT2D eigenvalue weighted by Crippen LogP contribution is -2.48. The van der Waals surface area contributed by atoms with Crippen LogP contribution in [-0.4, -0.2) is 29.9 Å². The van der Waals surface area contributed by atoms with Gasteiger partial charge in [-0.05, 0) is 73.2 Å². The highest BCUT2D eigenvalue weighted by atomic mass is 79.9. The summed E-state index contributed by atoms with van der Waals surface area (Å²) in [5, 5.41) is 5.18. The average molecular weight is 541 g/mol. The third-order valence-electron chi connectivity index (χ3n) is 4.72. The number of methoxy groups -OCH3 is 1. The first-order valence-corrected chi connectivity index (χ1v) is 11.2. The zero-order chi connectivity index (χ0) is 24.7. The zero-order valence-corrected chi connectivity index (χ0v) is 20.7. The van der Waals surface area contributed by atoms with Gasteiger partial charge in [0.2, 0.25) is 0 Å². The third-order valence-corrected chi connectivity index (χ3v) is 5.41. The van der Waals surface area contributed by atoms with Crippen molar-refractivity contribution in [3.05, 3.63) is 93.5 Å². The summed E-state index contributed by atoms with van der Waals surface area (Å²) >= 11 is 8.38. The molecule has 174 valence electrons. The molecule has 8 nitrogen and oxygen atoms in total. The normalized spacial score (nSPS) is 10.1. The van der Waals surface area contributed by atoms with Gasteiger partial charge in [-0.2, -0.15) is 0 Å². The molecule has 4 N–H and O–H groups in total. The molecule has 0 aliphatic heterocycles. The summed E-state index contributed by atoms with van der Waals surface area (Å²) in [5.41, 5.74) is 7.48. The second-order valence-electron chi connectivity index (χ2n) is 7.05. The molecular weight excluding hydrogens is 520 g/mol. The Morgan fingerprint density at radius 2 is 1.56 bits per heavy atom. The van der Waals surface area contributed by atoms with Crippen LogP contribution in [0.15, 0.2) is 71.2 Å². The van der Waals surface area contributed by atoms with Crippen molar-refractivity contribution in [2.45, 2.75) is 6.92 Å². The molecule has 10 heteroatoms. The molecule has 0 aliphatic rings. The van der Waals surface area contributed by atoms with E-state index in [0.717, 1.165) is 5.56 Å². The molecule has 0 heterocycles. The Kier molecular flexibility index (Phi) is 8.34. The number of nitrogens with one attached hydrogen (secondary N) is 4. The molecule has 0 fully saturated rings. The van der Waals surface area contributed by atoms with Crippen molar-refractivity contribution in [3.63, 3.8) is 0 Å². The second-order valence-corrected chi connectivity index (χ2v) is 8.38. The Labute approximate surface area is 210 Å². The van der Waals surface area contributed by atoms with Crippen LogP contribution in [0.3, 0.4) is 0 Å². The van der Waals surface area contributed by atoms with Crippen molar-refractivity contribution < 1.29 is 19.1 Å². The van der Waals surface area contributed by atoms with Crippen LogP contribution < -0.4 is 26.2 Å². The highest BCUT2D eigenvalue weighted by Crippen LogP contribution is 2.22. The van der Waals surface area contributed by atoms with Crippen LogP contribution >= 0.6 is 28.1 Å². The van der Waals surface area contributed by atoms with Gasteiger partial charge in [-0.1, -0.05) is 34.1 Å². The van der Waals surface area contributed by atoms with E-state index < -0.39 is 11.8 Å².